The van der Waals surface area contributed by atoms with E-state index in [4.69, 9.17) is 4.84 Å². The molecule has 0 unspecified atom stereocenters. The van der Waals surface area contributed by atoms with Crippen LogP contribution in [0.3, 0.4) is 0 Å². The number of aromatic nitrogens is 1. The molecule has 130 valence electrons. The summed E-state index contributed by atoms with van der Waals surface area (Å²) in [6.07, 6.45) is 3.02. The number of urea groups is 1. The Morgan fingerprint density at radius 1 is 1.20 bits per heavy atom. The van der Waals surface area contributed by atoms with Gasteiger partial charge in [0.1, 0.15) is 0 Å². The van der Waals surface area contributed by atoms with E-state index in [0.29, 0.717) is 25.9 Å². The highest BCUT2D eigenvalue weighted by molar-refractivity contribution is 6.01. The first-order valence-electron chi connectivity index (χ1n) is 8.42. The molecule has 25 heavy (non-hydrogen) atoms. The smallest absolute Gasteiger partial charge is 0.314 e. The number of carbonyl (C=O) groups excluding carboxylic acids is 1. The Kier molecular flexibility index (Phi) is 5.61. The van der Waals surface area contributed by atoms with Crippen LogP contribution in [-0.4, -0.2) is 35.9 Å². The molecule has 1 aliphatic rings. The highest BCUT2D eigenvalue weighted by Gasteiger charge is 2.22. The van der Waals surface area contributed by atoms with Crippen molar-refractivity contribution in [3.8, 4) is 0 Å². The third-order valence-corrected chi connectivity index (χ3v) is 4.00. The summed E-state index contributed by atoms with van der Waals surface area (Å²) < 4.78 is 0. The highest BCUT2D eigenvalue weighted by Crippen LogP contribution is 2.16. The molecular weight excluding hydrogens is 316 g/mol. The van der Waals surface area contributed by atoms with Crippen LogP contribution in [0.2, 0.25) is 0 Å². The molecule has 0 radical (unpaired) electrons. The summed E-state index contributed by atoms with van der Waals surface area (Å²) in [5.74, 6) is 0. The number of nitrogens with zero attached hydrogens (tertiary/aromatic N) is 2. The maximum absolute atomic E-state index is 11.8. The zero-order valence-corrected chi connectivity index (χ0v) is 14.2. The minimum absolute atomic E-state index is 0.127. The van der Waals surface area contributed by atoms with Gasteiger partial charge in [-0.2, -0.15) is 0 Å². The van der Waals surface area contributed by atoms with Gasteiger partial charge in [-0.15, -0.1) is 0 Å². The fraction of sp³-hybridized carbons (Fsp3) is 0.316. The van der Waals surface area contributed by atoms with Crippen molar-refractivity contribution in [1.29, 1.82) is 0 Å². The quantitative estimate of drug-likeness (QED) is 0.849. The van der Waals surface area contributed by atoms with Crippen LogP contribution < -0.4 is 10.6 Å². The molecular formula is C19H22N4O2. The van der Waals surface area contributed by atoms with E-state index in [9.17, 15) is 4.79 Å². The second kappa shape index (κ2) is 8.28. The number of nitrogens with one attached hydrogen (secondary N) is 2. The lowest BCUT2D eigenvalue weighted by atomic mass is 10.0. The van der Waals surface area contributed by atoms with Crippen LogP contribution in [0, 0.1) is 6.92 Å². The van der Waals surface area contributed by atoms with E-state index in [2.05, 4.69) is 39.8 Å². The third kappa shape index (κ3) is 5.04. The third-order valence-electron chi connectivity index (χ3n) is 4.00. The first-order chi connectivity index (χ1) is 12.2. The monoisotopic (exact) mass is 338 g/mol. The molecule has 0 spiro atoms. The van der Waals surface area contributed by atoms with E-state index in [1.165, 1.54) is 5.56 Å². The Morgan fingerprint density at radius 2 is 2.04 bits per heavy atom. The first kappa shape index (κ1) is 17.0. The molecule has 0 saturated heterocycles. The number of aryl methyl sites for hydroxylation is 1. The standard InChI is InChI=1S/C19H22N4O2/c1-14-5-7-15(8-6-14)18-12-17(25-23-18)13-22-19(24)21-11-9-16-4-2-3-10-20-16/h2-8,10,17H,9,11-13H2,1H3,(H2,21,22,24)/t17-/m1/s1. The maximum atomic E-state index is 11.8. The van der Waals surface area contributed by atoms with Crippen molar-refractivity contribution in [2.45, 2.75) is 25.9 Å². The van der Waals surface area contributed by atoms with Crippen molar-refractivity contribution in [1.82, 2.24) is 15.6 Å². The van der Waals surface area contributed by atoms with Gasteiger partial charge < -0.3 is 15.5 Å². The van der Waals surface area contributed by atoms with E-state index >= 15 is 0 Å². The van der Waals surface area contributed by atoms with Crippen molar-refractivity contribution in [2.24, 2.45) is 5.16 Å². The molecule has 2 N–H and O–H groups in total. The van der Waals surface area contributed by atoms with Crippen molar-refractivity contribution >= 4 is 11.7 Å². The Morgan fingerprint density at radius 3 is 2.80 bits per heavy atom. The minimum Gasteiger partial charge on any atom is -0.390 e. The molecule has 1 aromatic heterocycles. The zero-order valence-electron chi connectivity index (χ0n) is 14.2. The summed E-state index contributed by atoms with van der Waals surface area (Å²) in [7, 11) is 0. The van der Waals surface area contributed by atoms with E-state index in [1.54, 1.807) is 6.20 Å². The second-order valence-corrected chi connectivity index (χ2v) is 6.04. The van der Waals surface area contributed by atoms with Crippen LogP contribution in [0.4, 0.5) is 4.79 Å². The molecule has 6 heteroatoms. The van der Waals surface area contributed by atoms with Gasteiger partial charge in [-0.3, -0.25) is 4.98 Å². The van der Waals surface area contributed by atoms with E-state index in [-0.39, 0.29) is 12.1 Å². The van der Waals surface area contributed by atoms with Gasteiger partial charge in [0, 0.05) is 31.3 Å². The lowest BCUT2D eigenvalue weighted by Crippen LogP contribution is -2.40. The van der Waals surface area contributed by atoms with Gasteiger partial charge in [-0.1, -0.05) is 41.1 Å². The van der Waals surface area contributed by atoms with Gasteiger partial charge in [0.2, 0.25) is 0 Å². The van der Waals surface area contributed by atoms with Crippen molar-refractivity contribution < 1.29 is 9.63 Å². The molecule has 0 saturated carbocycles. The van der Waals surface area contributed by atoms with Crippen LogP contribution in [0.5, 0.6) is 0 Å². The summed E-state index contributed by atoms with van der Waals surface area (Å²) in [6.45, 7) is 3.02. The fourth-order valence-corrected chi connectivity index (χ4v) is 2.57. The average molecular weight is 338 g/mol. The Bertz CT molecular complexity index is 729. The van der Waals surface area contributed by atoms with Crippen LogP contribution in [0.15, 0.2) is 53.8 Å². The van der Waals surface area contributed by atoms with Crippen LogP contribution in [0.25, 0.3) is 0 Å². The molecule has 6 nitrogen and oxygen atoms in total. The molecule has 1 aliphatic heterocycles. The molecule has 0 fully saturated rings. The molecule has 2 aromatic rings. The van der Waals surface area contributed by atoms with Crippen molar-refractivity contribution in [3.63, 3.8) is 0 Å². The predicted molar refractivity (Wildman–Crippen MR) is 96.5 cm³/mol. The van der Waals surface area contributed by atoms with Gasteiger partial charge in [0.05, 0.1) is 12.3 Å². The average Bonchev–Trinajstić information content (AvgIpc) is 3.10. The van der Waals surface area contributed by atoms with Crippen LogP contribution >= 0.6 is 0 Å². The topological polar surface area (TPSA) is 75.6 Å². The van der Waals surface area contributed by atoms with Crippen LogP contribution in [-0.2, 0) is 11.3 Å². The number of carbonyl (C=O) groups is 1. The van der Waals surface area contributed by atoms with E-state index in [0.717, 1.165) is 17.0 Å². The lowest BCUT2D eigenvalue weighted by molar-refractivity contribution is 0.0865. The van der Waals surface area contributed by atoms with E-state index in [1.807, 2.05) is 30.3 Å². The highest BCUT2D eigenvalue weighted by atomic mass is 16.6. The molecule has 0 aliphatic carbocycles. The number of amides is 2. The van der Waals surface area contributed by atoms with Gasteiger partial charge in [0.15, 0.2) is 6.10 Å². The van der Waals surface area contributed by atoms with E-state index < -0.39 is 0 Å². The predicted octanol–water partition coefficient (Wildman–Crippen LogP) is 2.42. The number of benzene rings is 1. The van der Waals surface area contributed by atoms with Gasteiger partial charge in [-0.05, 0) is 24.6 Å². The summed E-state index contributed by atoms with van der Waals surface area (Å²) in [4.78, 5) is 21.5. The first-order valence-corrected chi connectivity index (χ1v) is 8.42. The second-order valence-electron chi connectivity index (χ2n) is 6.04. The minimum atomic E-state index is -0.205. The SMILES string of the molecule is Cc1ccc(C2=NO[C@@H](CNC(=O)NCCc3ccccn3)C2)cc1. The number of hydrogen-bond acceptors (Lipinski definition) is 4. The van der Waals surface area contributed by atoms with Gasteiger partial charge >= 0.3 is 6.03 Å². The van der Waals surface area contributed by atoms with Crippen LogP contribution in [0.1, 0.15) is 23.2 Å². The summed E-state index contributed by atoms with van der Waals surface area (Å²) in [5, 5.41) is 9.78. The number of hydrogen-bond donors (Lipinski definition) is 2. The molecule has 1 aromatic carbocycles. The molecule has 2 heterocycles. The molecule has 1 atom stereocenters. The maximum Gasteiger partial charge on any atom is 0.314 e. The molecule has 3 rings (SSSR count). The van der Waals surface area contributed by atoms with Crippen molar-refractivity contribution in [2.75, 3.05) is 13.1 Å². The Labute approximate surface area is 147 Å². The normalized spacial score (nSPS) is 16.0. The lowest BCUT2D eigenvalue weighted by Gasteiger charge is -2.11. The summed E-state index contributed by atoms with van der Waals surface area (Å²) >= 11 is 0. The molecule has 0 bridgehead atoms. The zero-order chi connectivity index (χ0) is 17.5. The molecule has 2 amide bonds. The van der Waals surface area contributed by atoms with Gasteiger partial charge in [0.25, 0.3) is 0 Å². The summed E-state index contributed by atoms with van der Waals surface area (Å²) in [6, 6.07) is 13.7. The number of pyridine rings is 1. The Hall–Kier alpha value is -2.89. The van der Waals surface area contributed by atoms with Gasteiger partial charge in [-0.25, -0.2) is 4.79 Å². The number of oxime groups is 1. The fourth-order valence-electron chi connectivity index (χ4n) is 2.57. The van der Waals surface area contributed by atoms with Crippen molar-refractivity contribution in [3.05, 3.63) is 65.5 Å². The summed E-state index contributed by atoms with van der Waals surface area (Å²) in [5.41, 5.74) is 4.15. The number of rotatable bonds is 6. The Balaban J connectivity index is 1.35. The largest absolute Gasteiger partial charge is 0.390 e.